The van der Waals surface area contributed by atoms with Crippen LogP contribution in [0.3, 0.4) is 0 Å². The molecule has 0 aliphatic rings. The van der Waals surface area contributed by atoms with E-state index in [-0.39, 0.29) is 0 Å². The minimum atomic E-state index is -0.839. The molecule has 3 heteroatoms. The predicted octanol–water partition coefficient (Wildman–Crippen LogP) is 7.86. The number of carboxylic acids is 1. The number of benzene rings is 1. The quantitative estimate of drug-likeness (QED) is 0.304. The lowest BCUT2D eigenvalue weighted by Gasteiger charge is -2.10. The molecular weight excluding hydrogens is 370 g/mol. The summed E-state index contributed by atoms with van der Waals surface area (Å²) in [4.78, 5) is 16.3. The summed E-state index contributed by atoms with van der Waals surface area (Å²) in [7, 11) is 0. The van der Waals surface area contributed by atoms with Gasteiger partial charge in [-0.15, -0.1) is 0 Å². The van der Waals surface area contributed by atoms with Crippen LogP contribution in [0.1, 0.15) is 106 Å². The lowest BCUT2D eigenvalue weighted by atomic mass is 9.96. The molecule has 2 rings (SSSR count). The third-order valence-electron chi connectivity index (χ3n) is 5.82. The van der Waals surface area contributed by atoms with Crippen LogP contribution < -0.4 is 0 Å². The van der Waals surface area contributed by atoms with Crippen LogP contribution in [-0.4, -0.2) is 16.1 Å². The molecule has 0 saturated heterocycles. The van der Waals surface area contributed by atoms with Crippen molar-refractivity contribution >= 4 is 5.97 Å². The summed E-state index contributed by atoms with van der Waals surface area (Å²) in [5, 5.41) is 9.56. The highest BCUT2D eigenvalue weighted by molar-refractivity contribution is 5.90. The van der Waals surface area contributed by atoms with Crippen molar-refractivity contribution in [2.24, 2.45) is 0 Å². The van der Waals surface area contributed by atoms with Gasteiger partial charge in [0.1, 0.15) is 0 Å². The number of aryl methyl sites for hydroxylation is 2. The van der Waals surface area contributed by atoms with Gasteiger partial charge in [-0.05, 0) is 55.0 Å². The average Bonchev–Trinajstić information content (AvgIpc) is 2.76. The van der Waals surface area contributed by atoms with Gasteiger partial charge in [0.2, 0.25) is 0 Å². The summed E-state index contributed by atoms with van der Waals surface area (Å²) < 4.78 is 0. The second-order valence-corrected chi connectivity index (χ2v) is 8.41. The maximum absolute atomic E-state index is 11.6. The van der Waals surface area contributed by atoms with Gasteiger partial charge < -0.3 is 5.11 Å². The van der Waals surface area contributed by atoms with Gasteiger partial charge in [0.25, 0.3) is 0 Å². The summed E-state index contributed by atoms with van der Waals surface area (Å²) >= 11 is 0. The monoisotopic (exact) mass is 409 g/mol. The summed E-state index contributed by atoms with van der Waals surface area (Å²) in [6.45, 7) is 4.46. The Morgan fingerprint density at radius 1 is 0.800 bits per heavy atom. The maximum atomic E-state index is 11.6. The van der Waals surface area contributed by atoms with E-state index < -0.39 is 5.97 Å². The molecule has 3 nitrogen and oxygen atoms in total. The largest absolute Gasteiger partial charge is 0.478 e. The van der Waals surface area contributed by atoms with Gasteiger partial charge in [-0.25, -0.2) is 4.79 Å². The number of unbranched alkanes of at least 4 members (excludes halogenated alkanes) is 9. The van der Waals surface area contributed by atoms with Gasteiger partial charge in [-0.2, -0.15) is 0 Å². The van der Waals surface area contributed by atoms with Gasteiger partial charge in [0.15, 0.2) is 0 Å². The third-order valence-corrected chi connectivity index (χ3v) is 5.82. The first-order chi connectivity index (χ1) is 14.7. The Hall–Kier alpha value is -2.16. The highest BCUT2D eigenvalue weighted by atomic mass is 16.4. The van der Waals surface area contributed by atoms with E-state index in [1.807, 2.05) is 18.3 Å². The van der Waals surface area contributed by atoms with Crippen LogP contribution in [0.15, 0.2) is 36.5 Å². The van der Waals surface area contributed by atoms with Crippen molar-refractivity contribution in [2.45, 2.75) is 97.3 Å². The van der Waals surface area contributed by atoms with Crippen molar-refractivity contribution in [1.82, 2.24) is 4.98 Å². The molecule has 0 fully saturated rings. The Morgan fingerprint density at radius 3 is 2.03 bits per heavy atom. The fourth-order valence-corrected chi connectivity index (χ4v) is 3.94. The Labute approximate surface area is 183 Å². The van der Waals surface area contributed by atoms with E-state index in [1.165, 1.54) is 63.4 Å². The Balaban J connectivity index is 1.98. The van der Waals surface area contributed by atoms with Crippen LogP contribution in [-0.2, 0) is 12.8 Å². The van der Waals surface area contributed by atoms with Crippen molar-refractivity contribution < 1.29 is 9.90 Å². The molecule has 1 aromatic heterocycles. The molecule has 164 valence electrons. The fourth-order valence-electron chi connectivity index (χ4n) is 3.94. The lowest BCUT2D eigenvalue weighted by molar-refractivity contribution is 0.0695. The van der Waals surface area contributed by atoms with Gasteiger partial charge in [-0.1, -0.05) is 83.8 Å². The van der Waals surface area contributed by atoms with Crippen LogP contribution in [0.2, 0.25) is 0 Å². The molecule has 0 radical (unpaired) electrons. The van der Waals surface area contributed by atoms with E-state index in [0.717, 1.165) is 42.5 Å². The second-order valence-electron chi connectivity index (χ2n) is 8.41. The summed E-state index contributed by atoms with van der Waals surface area (Å²) in [5.74, 6) is -0.839. The number of hydrogen-bond donors (Lipinski definition) is 1. The first kappa shape index (κ1) is 24.1. The number of aromatic nitrogens is 1. The average molecular weight is 410 g/mol. The Morgan fingerprint density at radius 2 is 1.43 bits per heavy atom. The van der Waals surface area contributed by atoms with Crippen LogP contribution in [0.5, 0.6) is 0 Å². The maximum Gasteiger partial charge on any atom is 0.335 e. The third kappa shape index (κ3) is 8.30. The molecule has 30 heavy (non-hydrogen) atoms. The van der Waals surface area contributed by atoms with Crippen molar-refractivity contribution in [3.05, 3.63) is 53.2 Å². The molecule has 0 unspecified atom stereocenters. The number of nitrogens with zero attached hydrogens (tertiary/aromatic N) is 1. The molecule has 0 atom stereocenters. The van der Waals surface area contributed by atoms with Crippen molar-refractivity contribution in [1.29, 1.82) is 0 Å². The Kier molecular flexibility index (Phi) is 11.2. The molecule has 0 saturated carbocycles. The minimum absolute atomic E-state index is 0.427. The zero-order chi connectivity index (χ0) is 21.6. The predicted molar refractivity (Wildman–Crippen MR) is 126 cm³/mol. The number of hydrogen-bond acceptors (Lipinski definition) is 2. The number of aromatic carboxylic acids is 1. The van der Waals surface area contributed by atoms with Gasteiger partial charge >= 0.3 is 5.97 Å². The molecule has 0 aliphatic heterocycles. The smallest absolute Gasteiger partial charge is 0.335 e. The SMILES string of the molecule is CCCCCCCCc1cc(-c2ccc(CCCCCCC)cn2)ccc1C(=O)O. The summed E-state index contributed by atoms with van der Waals surface area (Å²) in [6.07, 6.45) is 17.5. The van der Waals surface area contributed by atoms with Crippen molar-refractivity contribution in [2.75, 3.05) is 0 Å². The van der Waals surface area contributed by atoms with Gasteiger partial charge in [0.05, 0.1) is 11.3 Å². The first-order valence-corrected chi connectivity index (χ1v) is 12.0. The van der Waals surface area contributed by atoms with Crippen LogP contribution in [0.25, 0.3) is 11.3 Å². The highest BCUT2D eigenvalue weighted by Crippen LogP contribution is 2.23. The Bertz CT molecular complexity index is 752. The van der Waals surface area contributed by atoms with E-state index in [9.17, 15) is 9.90 Å². The first-order valence-electron chi connectivity index (χ1n) is 12.0. The lowest BCUT2D eigenvalue weighted by Crippen LogP contribution is -2.03. The highest BCUT2D eigenvalue weighted by Gasteiger charge is 2.12. The van der Waals surface area contributed by atoms with Gasteiger partial charge in [-0.3, -0.25) is 4.98 Å². The van der Waals surface area contributed by atoms with E-state index in [2.05, 4.69) is 31.0 Å². The zero-order valence-corrected chi connectivity index (χ0v) is 19.0. The molecule has 1 aromatic carbocycles. The topological polar surface area (TPSA) is 50.2 Å². The summed E-state index contributed by atoms with van der Waals surface area (Å²) in [5.41, 5.74) is 4.57. The van der Waals surface area contributed by atoms with E-state index >= 15 is 0 Å². The van der Waals surface area contributed by atoms with Crippen LogP contribution in [0.4, 0.5) is 0 Å². The standard InChI is InChI=1S/C27H39NO2/c1-3-5-7-9-11-13-15-23-20-24(17-18-25(23)27(29)30)26-19-16-22(21-28-26)14-12-10-8-6-4-2/h16-21H,3-15H2,1-2H3,(H,29,30). The molecule has 0 aliphatic carbocycles. The zero-order valence-electron chi connectivity index (χ0n) is 19.0. The molecule has 0 amide bonds. The minimum Gasteiger partial charge on any atom is -0.478 e. The van der Waals surface area contributed by atoms with E-state index in [4.69, 9.17) is 0 Å². The molecule has 2 aromatic rings. The molecule has 1 heterocycles. The second kappa shape index (κ2) is 14.0. The normalized spacial score (nSPS) is 11.0. The molecule has 0 spiro atoms. The van der Waals surface area contributed by atoms with Crippen molar-refractivity contribution in [3.8, 4) is 11.3 Å². The van der Waals surface area contributed by atoms with E-state index in [1.54, 1.807) is 6.07 Å². The summed E-state index contributed by atoms with van der Waals surface area (Å²) in [6, 6.07) is 9.91. The number of carbonyl (C=O) groups is 1. The van der Waals surface area contributed by atoms with Gasteiger partial charge in [0, 0.05) is 11.8 Å². The number of rotatable bonds is 15. The number of pyridine rings is 1. The van der Waals surface area contributed by atoms with Crippen LogP contribution in [0, 0.1) is 0 Å². The van der Waals surface area contributed by atoms with E-state index in [0.29, 0.717) is 5.56 Å². The van der Waals surface area contributed by atoms with Crippen LogP contribution >= 0.6 is 0 Å². The number of carboxylic acid groups (broad SMARTS) is 1. The fraction of sp³-hybridized carbons (Fsp3) is 0.556. The van der Waals surface area contributed by atoms with Crippen molar-refractivity contribution in [3.63, 3.8) is 0 Å². The molecule has 1 N–H and O–H groups in total. The molecule has 0 bridgehead atoms. The molecular formula is C27H39NO2.